The predicted molar refractivity (Wildman–Crippen MR) is 75.7 cm³/mol. The molecule has 0 radical (unpaired) electrons. The second kappa shape index (κ2) is 7.55. The third-order valence-corrected chi connectivity index (χ3v) is 3.65. The fraction of sp³-hybridized carbons (Fsp3) is 0.625. The molecular weight excluding hydrogens is 222 g/mol. The third kappa shape index (κ3) is 4.43. The van der Waals surface area contributed by atoms with Crippen molar-refractivity contribution in [2.24, 2.45) is 0 Å². The molecule has 1 fully saturated rings. The van der Waals surface area contributed by atoms with Crippen LogP contribution in [0.5, 0.6) is 0 Å². The minimum atomic E-state index is 0.336. The van der Waals surface area contributed by atoms with E-state index >= 15 is 0 Å². The van der Waals surface area contributed by atoms with Crippen molar-refractivity contribution >= 4 is 0 Å². The number of rotatable bonds is 9. The van der Waals surface area contributed by atoms with Crippen LogP contribution in [0.2, 0.25) is 0 Å². The monoisotopic (exact) mass is 247 g/mol. The first-order valence-electron chi connectivity index (χ1n) is 7.31. The summed E-state index contributed by atoms with van der Waals surface area (Å²) in [5, 5.41) is 12.2. The molecule has 2 rings (SSSR count). The van der Waals surface area contributed by atoms with Gasteiger partial charge in [0.15, 0.2) is 0 Å². The Hall–Kier alpha value is -0.860. The van der Waals surface area contributed by atoms with Gasteiger partial charge in [-0.1, -0.05) is 37.1 Å². The number of nitrogens with one attached hydrogen (secondary N) is 1. The van der Waals surface area contributed by atoms with Crippen molar-refractivity contribution in [2.45, 2.75) is 51.0 Å². The zero-order valence-electron chi connectivity index (χ0n) is 11.2. The van der Waals surface area contributed by atoms with Crippen LogP contribution in [0.15, 0.2) is 24.3 Å². The highest BCUT2D eigenvalue weighted by atomic mass is 16.2. The van der Waals surface area contributed by atoms with Gasteiger partial charge in [-0.3, -0.25) is 0 Å². The Morgan fingerprint density at radius 1 is 1.06 bits per heavy atom. The number of aliphatic hydroxyl groups excluding tert-OH is 1. The Kier molecular flexibility index (Phi) is 5.69. The van der Waals surface area contributed by atoms with Crippen molar-refractivity contribution in [2.75, 3.05) is 13.2 Å². The summed E-state index contributed by atoms with van der Waals surface area (Å²) in [4.78, 5) is 0. The zero-order chi connectivity index (χ0) is 12.6. The smallest absolute Gasteiger partial charge is 0.0431 e. The highest BCUT2D eigenvalue weighted by Crippen LogP contribution is 2.41. The van der Waals surface area contributed by atoms with Gasteiger partial charge in [0.25, 0.3) is 0 Å². The number of hydrogen-bond donors (Lipinski definition) is 2. The molecule has 0 unspecified atom stereocenters. The van der Waals surface area contributed by atoms with Crippen LogP contribution >= 0.6 is 0 Å². The molecule has 100 valence electrons. The van der Waals surface area contributed by atoms with Gasteiger partial charge in [-0.2, -0.15) is 0 Å². The van der Waals surface area contributed by atoms with E-state index in [1.807, 2.05) is 0 Å². The number of hydrogen-bond acceptors (Lipinski definition) is 2. The van der Waals surface area contributed by atoms with E-state index in [1.54, 1.807) is 5.56 Å². The second-order valence-corrected chi connectivity index (χ2v) is 5.29. The van der Waals surface area contributed by atoms with Crippen molar-refractivity contribution in [3.8, 4) is 0 Å². The quantitative estimate of drug-likeness (QED) is 0.657. The molecule has 1 aliphatic carbocycles. The van der Waals surface area contributed by atoms with Crippen molar-refractivity contribution in [1.82, 2.24) is 5.32 Å². The molecule has 0 saturated heterocycles. The van der Waals surface area contributed by atoms with E-state index in [0.29, 0.717) is 6.61 Å². The van der Waals surface area contributed by atoms with Gasteiger partial charge < -0.3 is 10.4 Å². The highest BCUT2D eigenvalue weighted by molar-refractivity contribution is 5.33. The van der Waals surface area contributed by atoms with Crippen molar-refractivity contribution < 1.29 is 5.11 Å². The van der Waals surface area contributed by atoms with E-state index in [0.717, 1.165) is 31.8 Å². The van der Waals surface area contributed by atoms with Gasteiger partial charge in [0.2, 0.25) is 0 Å². The van der Waals surface area contributed by atoms with E-state index < -0.39 is 0 Å². The molecule has 0 aliphatic heterocycles. The van der Waals surface area contributed by atoms with Crippen LogP contribution in [0.3, 0.4) is 0 Å². The van der Waals surface area contributed by atoms with Crippen molar-refractivity contribution in [1.29, 1.82) is 0 Å². The lowest BCUT2D eigenvalue weighted by atomic mass is 10.0. The minimum Gasteiger partial charge on any atom is -0.396 e. The fourth-order valence-corrected chi connectivity index (χ4v) is 2.43. The van der Waals surface area contributed by atoms with Gasteiger partial charge in [0.1, 0.15) is 0 Å². The standard InChI is InChI=1S/C16H25NO/c18-12-6-2-1-5-11-17-13-15-7-3-4-8-16(15)14-9-10-14/h3-4,7-8,14,17-18H,1-2,5-6,9-13H2. The number of benzene rings is 1. The Bertz CT molecular complexity index is 347. The van der Waals surface area contributed by atoms with Gasteiger partial charge in [-0.15, -0.1) is 0 Å². The molecule has 1 aliphatic rings. The van der Waals surface area contributed by atoms with Gasteiger partial charge in [0.05, 0.1) is 0 Å². The molecule has 2 nitrogen and oxygen atoms in total. The molecule has 0 atom stereocenters. The average Bonchev–Trinajstić information content (AvgIpc) is 3.22. The summed E-state index contributed by atoms with van der Waals surface area (Å²) in [6, 6.07) is 8.85. The van der Waals surface area contributed by atoms with Crippen LogP contribution in [0.25, 0.3) is 0 Å². The van der Waals surface area contributed by atoms with Gasteiger partial charge in [0, 0.05) is 13.2 Å². The summed E-state index contributed by atoms with van der Waals surface area (Å²) in [7, 11) is 0. The lowest BCUT2D eigenvalue weighted by Crippen LogP contribution is -2.15. The molecule has 0 aromatic heterocycles. The summed E-state index contributed by atoms with van der Waals surface area (Å²) in [5.74, 6) is 0.840. The van der Waals surface area contributed by atoms with Crippen LogP contribution in [0.1, 0.15) is 55.6 Å². The molecular formula is C16H25NO. The summed E-state index contributed by atoms with van der Waals surface area (Å²) in [6.07, 6.45) is 7.28. The molecule has 18 heavy (non-hydrogen) atoms. The molecule has 2 heteroatoms. The maximum Gasteiger partial charge on any atom is 0.0431 e. The third-order valence-electron chi connectivity index (χ3n) is 3.65. The van der Waals surface area contributed by atoms with Crippen molar-refractivity contribution in [3.05, 3.63) is 35.4 Å². The maximum absolute atomic E-state index is 8.69. The summed E-state index contributed by atoms with van der Waals surface area (Å²) >= 11 is 0. The van der Waals surface area contributed by atoms with Crippen LogP contribution in [0.4, 0.5) is 0 Å². The van der Waals surface area contributed by atoms with Crippen molar-refractivity contribution in [3.63, 3.8) is 0 Å². The lowest BCUT2D eigenvalue weighted by Gasteiger charge is -2.09. The van der Waals surface area contributed by atoms with Crippen LogP contribution < -0.4 is 5.32 Å². The zero-order valence-corrected chi connectivity index (χ0v) is 11.2. The van der Waals surface area contributed by atoms with E-state index in [1.165, 1.54) is 31.2 Å². The van der Waals surface area contributed by atoms with Gasteiger partial charge in [-0.25, -0.2) is 0 Å². The predicted octanol–water partition coefficient (Wildman–Crippen LogP) is 3.21. The Labute approximate surface area is 110 Å². The Morgan fingerprint density at radius 3 is 2.61 bits per heavy atom. The minimum absolute atomic E-state index is 0.336. The first-order chi connectivity index (χ1) is 8.92. The van der Waals surface area contributed by atoms with E-state index in [2.05, 4.69) is 29.6 Å². The van der Waals surface area contributed by atoms with Crippen LogP contribution in [-0.4, -0.2) is 18.3 Å². The topological polar surface area (TPSA) is 32.3 Å². The lowest BCUT2D eigenvalue weighted by molar-refractivity contribution is 0.282. The summed E-state index contributed by atoms with van der Waals surface area (Å²) in [5.41, 5.74) is 3.04. The molecule has 0 heterocycles. The molecule has 0 spiro atoms. The number of aliphatic hydroxyl groups is 1. The second-order valence-electron chi connectivity index (χ2n) is 5.29. The highest BCUT2D eigenvalue weighted by Gasteiger charge is 2.25. The Balaban J connectivity index is 1.64. The molecule has 2 N–H and O–H groups in total. The number of unbranched alkanes of at least 4 members (excludes halogenated alkanes) is 3. The summed E-state index contributed by atoms with van der Waals surface area (Å²) < 4.78 is 0. The summed E-state index contributed by atoms with van der Waals surface area (Å²) in [6.45, 7) is 2.43. The molecule has 1 aromatic carbocycles. The SMILES string of the molecule is OCCCCCCNCc1ccccc1C1CC1. The van der Waals surface area contributed by atoms with Gasteiger partial charge >= 0.3 is 0 Å². The fourth-order valence-electron chi connectivity index (χ4n) is 2.43. The molecule has 0 amide bonds. The first-order valence-corrected chi connectivity index (χ1v) is 7.31. The first kappa shape index (κ1) is 13.6. The van der Waals surface area contributed by atoms with E-state index in [4.69, 9.17) is 5.11 Å². The normalized spacial score (nSPS) is 14.9. The maximum atomic E-state index is 8.69. The molecule has 1 saturated carbocycles. The Morgan fingerprint density at radius 2 is 1.83 bits per heavy atom. The average molecular weight is 247 g/mol. The van der Waals surface area contributed by atoms with E-state index in [-0.39, 0.29) is 0 Å². The van der Waals surface area contributed by atoms with E-state index in [9.17, 15) is 0 Å². The van der Waals surface area contributed by atoms with Crippen LogP contribution in [-0.2, 0) is 6.54 Å². The molecule has 0 bridgehead atoms. The van der Waals surface area contributed by atoms with Gasteiger partial charge in [-0.05, 0) is 49.3 Å². The van der Waals surface area contributed by atoms with Crippen LogP contribution in [0, 0.1) is 0 Å². The largest absolute Gasteiger partial charge is 0.396 e. The molecule has 1 aromatic rings.